The van der Waals surface area contributed by atoms with Gasteiger partial charge in [0.05, 0.1) is 5.69 Å². The summed E-state index contributed by atoms with van der Waals surface area (Å²) in [4.78, 5) is 23.9. The molecule has 0 spiro atoms. The molecule has 1 fully saturated rings. The number of urea groups is 1. The van der Waals surface area contributed by atoms with Gasteiger partial charge in [0.25, 0.3) is 0 Å². The average Bonchev–Trinajstić information content (AvgIpc) is 3.12. The number of benzene rings is 1. The molecule has 7 heteroatoms. The lowest BCUT2D eigenvalue weighted by Crippen LogP contribution is -2.35. The Morgan fingerprint density at radius 1 is 1.42 bits per heavy atom. The summed E-state index contributed by atoms with van der Waals surface area (Å²) in [6.45, 7) is 2.30. The maximum atomic E-state index is 12.6. The van der Waals surface area contributed by atoms with Crippen molar-refractivity contribution in [1.29, 1.82) is 0 Å². The van der Waals surface area contributed by atoms with Crippen molar-refractivity contribution >= 4 is 23.4 Å². The van der Waals surface area contributed by atoms with Crippen LogP contribution in [0, 0.1) is 6.92 Å². The molecule has 1 aromatic heterocycles. The van der Waals surface area contributed by atoms with Gasteiger partial charge in [-0.2, -0.15) is 5.10 Å². The normalized spacial score (nSPS) is 18.1. The first kappa shape index (κ1) is 16.5. The van der Waals surface area contributed by atoms with Crippen molar-refractivity contribution in [3.63, 3.8) is 0 Å². The van der Waals surface area contributed by atoms with E-state index in [0.717, 1.165) is 17.0 Å². The number of carbonyl (C=O) groups is 2. The van der Waals surface area contributed by atoms with E-state index < -0.39 is 6.04 Å². The molecule has 6 nitrogen and oxygen atoms in total. The number of carbonyl (C=O) groups excluding carboxylic acids is 2. The number of Topliss-reactive ketones (excluding diaryl/α,β-unsaturated/α-hetero) is 1. The zero-order valence-electron chi connectivity index (χ0n) is 13.5. The molecule has 2 aromatic rings. The molecule has 0 saturated carbocycles. The van der Waals surface area contributed by atoms with Crippen LogP contribution in [0.1, 0.15) is 29.3 Å². The summed E-state index contributed by atoms with van der Waals surface area (Å²) < 4.78 is 1.79. The van der Waals surface area contributed by atoms with Crippen LogP contribution in [-0.2, 0) is 11.8 Å². The van der Waals surface area contributed by atoms with Crippen LogP contribution in [0.3, 0.4) is 0 Å². The molecule has 0 radical (unpaired) electrons. The van der Waals surface area contributed by atoms with E-state index in [4.69, 9.17) is 11.6 Å². The Hall–Kier alpha value is -2.34. The predicted molar refractivity (Wildman–Crippen MR) is 91.2 cm³/mol. The highest BCUT2D eigenvalue weighted by atomic mass is 35.5. The van der Waals surface area contributed by atoms with Gasteiger partial charge in [-0.05, 0) is 30.7 Å². The van der Waals surface area contributed by atoms with Gasteiger partial charge < -0.3 is 10.6 Å². The van der Waals surface area contributed by atoms with E-state index in [1.807, 2.05) is 44.3 Å². The molecule has 1 aromatic carbocycles. The first-order chi connectivity index (χ1) is 11.4. The second-order valence-electron chi connectivity index (χ2n) is 6.02. The van der Waals surface area contributed by atoms with Gasteiger partial charge >= 0.3 is 6.03 Å². The molecule has 2 N–H and O–H groups in total. The number of hydrogen-bond donors (Lipinski definition) is 2. The zero-order valence-corrected chi connectivity index (χ0v) is 14.3. The standard InChI is InChI=1S/C17H19ClN4O2/c1-10-7-14(21-22(10)2)13(11-3-5-12(18)6-4-11)8-16(23)15-9-19-17(24)20-15/h3-7,13,15H,8-9H2,1-2H3,(H2,19,20,24)/t13?,15-/m0/s1. The van der Waals surface area contributed by atoms with Crippen molar-refractivity contribution in [2.24, 2.45) is 7.05 Å². The van der Waals surface area contributed by atoms with Gasteiger partial charge in [0.1, 0.15) is 6.04 Å². The maximum Gasteiger partial charge on any atom is 0.315 e. The lowest BCUT2D eigenvalue weighted by atomic mass is 9.89. The fourth-order valence-corrected chi connectivity index (χ4v) is 2.97. The van der Waals surface area contributed by atoms with E-state index in [0.29, 0.717) is 11.6 Å². The maximum absolute atomic E-state index is 12.6. The third kappa shape index (κ3) is 3.43. The van der Waals surface area contributed by atoms with E-state index in [9.17, 15) is 9.59 Å². The van der Waals surface area contributed by atoms with Gasteiger partial charge in [-0.1, -0.05) is 23.7 Å². The second-order valence-corrected chi connectivity index (χ2v) is 6.45. The number of nitrogens with one attached hydrogen (secondary N) is 2. The molecule has 1 unspecified atom stereocenters. The number of nitrogens with zero attached hydrogens (tertiary/aromatic N) is 2. The molecule has 2 atom stereocenters. The summed E-state index contributed by atoms with van der Waals surface area (Å²) in [5.41, 5.74) is 2.83. The Labute approximate surface area is 145 Å². The zero-order chi connectivity index (χ0) is 17.3. The van der Waals surface area contributed by atoms with Gasteiger partial charge in [0.15, 0.2) is 5.78 Å². The molecule has 126 valence electrons. The number of ketones is 1. The van der Waals surface area contributed by atoms with Gasteiger partial charge in [-0.3, -0.25) is 9.48 Å². The van der Waals surface area contributed by atoms with Crippen LogP contribution in [0.5, 0.6) is 0 Å². The number of aryl methyl sites for hydroxylation is 2. The van der Waals surface area contributed by atoms with Crippen LogP contribution in [-0.4, -0.2) is 34.2 Å². The lowest BCUT2D eigenvalue weighted by Gasteiger charge is -2.17. The second kappa shape index (κ2) is 6.65. The van der Waals surface area contributed by atoms with Crippen molar-refractivity contribution in [2.75, 3.05) is 6.54 Å². The minimum atomic E-state index is -0.489. The lowest BCUT2D eigenvalue weighted by molar-refractivity contribution is -0.120. The first-order valence-corrected chi connectivity index (χ1v) is 8.15. The third-order valence-electron chi connectivity index (χ3n) is 4.33. The topological polar surface area (TPSA) is 76.0 Å². The summed E-state index contributed by atoms with van der Waals surface area (Å²) in [5.74, 6) is -0.191. The van der Waals surface area contributed by atoms with Crippen LogP contribution in [0.25, 0.3) is 0 Å². The quantitative estimate of drug-likeness (QED) is 0.871. The minimum Gasteiger partial charge on any atom is -0.336 e. The molecule has 3 rings (SSSR count). The third-order valence-corrected chi connectivity index (χ3v) is 4.58. The Kier molecular flexibility index (Phi) is 4.57. The first-order valence-electron chi connectivity index (χ1n) is 7.77. The Balaban J connectivity index is 1.88. The Bertz CT molecular complexity index is 750. The fourth-order valence-electron chi connectivity index (χ4n) is 2.84. The molecule has 2 heterocycles. The van der Waals surface area contributed by atoms with E-state index in [1.54, 1.807) is 4.68 Å². The highest BCUT2D eigenvalue weighted by Gasteiger charge is 2.30. The Morgan fingerprint density at radius 3 is 2.67 bits per heavy atom. The average molecular weight is 347 g/mol. The molecule has 2 amide bonds. The smallest absolute Gasteiger partial charge is 0.315 e. The summed E-state index contributed by atoms with van der Waals surface area (Å²) in [6, 6.07) is 8.64. The molecule has 0 aliphatic carbocycles. The number of halogens is 1. The predicted octanol–water partition coefficient (Wildman–Crippen LogP) is 2.15. The summed E-state index contributed by atoms with van der Waals surface area (Å²) in [5, 5.41) is 10.4. The van der Waals surface area contributed by atoms with Crippen molar-refractivity contribution in [1.82, 2.24) is 20.4 Å². The Morgan fingerprint density at radius 2 is 2.12 bits per heavy atom. The SMILES string of the molecule is Cc1cc(C(CC(=O)[C@@H]2CNC(=O)N2)c2ccc(Cl)cc2)nn1C. The summed E-state index contributed by atoms with van der Waals surface area (Å²) in [7, 11) is 1.88. The van der Waals surface area contributed by atoms with E-state index in [-0.39, 0.29) is 24.2 Å². The molecule has 0 bridgehead atoms. The number of aromatic nitrogens is 2. The van der Waals surface area contributed by atoms with E-state index in [2.05, 4.69) is 15.7 Å². The molecule has 1 aliphatic rings. The van der Waals surface area contributed by atoms with E-state index in [1.165, 1.54) is 0 Å². The monoisotopic (exact) mass is 346 g/mol. The van der Waals surface area contributed by atoms with Gasteiger partial charge in [-0.15, -0.1) is 0 Å². The van der Waals surface area contributed by atoms with Gasteiger partial charge in [-0.25, -0.2) is 4.79 Å². The fraction of sp³-hybridized carbons (Fsp3) is 0.353. The number of amides is 2. The van der Waals surface area contributed by atoms with Crippen LogP contribution >= 0.6 is 11.6 Å². The van der Waals surface area contributed by atoms with Crippen molar-refractivity contribution < 1.29 is 9.59 Å². The molecule has 24 heavy (non-hydrogen) atoms. The van der Waals surface area contributed by atoms with Crippen molar-refractivity contribution in [2.45, 2.75) is 25.3 Å². The van der Waals surface area contributed by atoms with Crippen molar-refractivity contribution in [3.8, 4) is 0 Å². The minimum absolute atomic E-state index is 0.0170. The van der Waals surface area contributed by atoms with Crippen LogP contribution < -0.4 is 10.6 Å². The van der Waals surface area contributed by atoms with Crippen molar-refractivity contribution in [3.05, 3.63) is 52.3 Å². The molecular weight excluding hydrogens is 328 g/mol. The van der Waals surface area contributed by atoms with Crippen LogP contribution in [0.4, 0.5) is 4.79 Å². The highest BCUT2D eigenvalue weighted by molar-refractivity contribution is 6.30. The number of hydrogen-bond acceptors (Lipinski definition) is 3. The molecule has 1 aliphatic heterocycles. The highest BCUT2D eigenvalue weighted by Crippen LogP contribution is 2.29. The van der Waals surface area contributed by atoms with Crippen LogP contribution in [0.15, 0.2) is 30.3 Å². The van der Waals surface area contributed by atoms with Gasteiger partial charge in [0, 0.05) is 36.6 Å². The summed E-state index contributed by atoms with van der Waals surface area (Å²) in [6.07, 6.45) is 0.269. The molecular formula is C17H19ClN4O2. The van der Waals surface area contributed by atoms with Gasteiger partial charge in [0.2, 0.25) is 0 Å². The van der Waals surface area contributed by atoms with E-state index >= 15 is 0 Å². The molecule has 1 saturated heterocycles. The largest absolute Gasteiger partial charge is 0.336 e. The summed E-state index contributed by atoms with van der Waals surface area (Å²) >= 11 is 5.97. The van der Waals surface area contributed by atoms with Crippen LogP contribution in [0.2, 0.25) is 5.02 Å². The number of rotatable bonds is 5.